The Balaban J connectivity index is 1.54. The fourth-order valence-electron chi connectivity index (χ4n) is 3.35. The van der Waals surface area contributed by atoms with Gasteiger partial charge in [0.2, 0.25) is 10.0 Å². The van der Waals surface area contributed by atoms with E-state index < -0.39 is 27.7 Å². The number of sulfonamides is 1. The van der Waals surface area contributed by atoms with E-state index in [0.29, 0.717) is 5.69 Å². The smallest absolute Gasteiger partial charge is 0.416 e. The average Bonchev–Trinajstić information content (AvgIpc) is 3.29. The van der Waals surface area contributed by atoms with E-state index in [0.717, 1.165) is 29.3 Å². The lowest BCUT2D eigenvalue weighted by atomic mass is 10.1. The first-order valence-electron chi connectivity index (χ1n) is 10.7. The Labute approximate surface area is 209 Å². The summed E-state index contributed by atoms with van der Waals surface area (Å²) in [6.45, 7) is -0.370. The van der Waals surface area contributed by atoms with E-state index in [-0.39, 0.29) is 36.0 Å². The molecular formula is C23H21F3N6O4S. The van der Waals surface area contributed by atoms with Crippen LogP contribution in [0.15, 0.2) is 60.9 Å². The minimum Gasteiger partial charge on any atom is -0.492 e. The molecule has 0 bridgehead atoms. The lowest BCUT2D eigenvalue weighted by Gasteiger charge is -2.15. The van der Waals surface area contributed by atoms with Gasteiger partial charge in [-0.2, -0.15) is 18.3 Å². The number of alkyl halides is 3. The largest absolute Gasteiger partial charge is 0.492 e. The first-order valence-corrected chi connectivity index (χ1v) is 12.6. The highest BCUT2D eigenvalue weighted by Crippen LogP contribution is 2.34. The van der Waals surface area contributed by atoms with Gasteiger partial charge in [-0.15, -0.1) is 0 Å². The molecule has 4 N–H and O–H groups in total. The summed E-state index contributed by atoms with van der Waals surface area (Å²) in [5.41, 5.74) is 0.245. The van der Waals surface area contributed by atoms with Crippen LogP contribution in [-0.2, 0) is 16.2 Å². The fraction of sp³-hybridized carbons (Fsp3) is 0.174. The number of ether oxygens (including phenoxy) is 1. The molecule has 194 valence electrons. The van der Waals surface area contributed by atoms with Gasteiger partial charge in [0.15, 0.2) is 0 Å². The number of hydrogen-bond donors (Lipinski definition) is 4. The third-order valence-electron chi connectivity index (χ3n) is 4.98. The van der Waals surface area contributed by atoms with Crippen LogP contribution in [0.5, 0.6) is 5.75 Å². The predicted octanol–water partition coefficient (Wildman–Crippen LogP) is 3.90. The van der Waals surface area contributed by atoms with E-state index in [1.807, 2.05) is 6.07 Å². The highest BCUT2D eigenvalue weighted by atomic mass is 32.2. The highest BCUT2D eigenvalue weighted by Gasteiger charge is 2.32. The fourth-order valence-corrected chi connectivity index (χ4v) is 3.81. The Morgan fingerprint density at radius 3 is 2.68 bits per heavy atom. The van der Waals surface area contributed by atoms with E-state index in [1.165, 1.54) is 24.4 Å². The number of halogens is 3. The van der Waals surface area contributed by atoms with E-state index in [1.54, 1.807) is 18.3 Å². The molecule has 37 heavy (non-hydrogen) atoms. The molecule has 0 aliphatic heterocycles. The molecule has 10 nitrogen and oxygen atoms in total. The van der Waals surface area contributed by atoms with Crippen LogP contribution < -0.4 is 20.1 Å². The molecule has 14 heteroatoms. The Kier molecular flexibility index (Phi) is 7.31. The number of pyridine rings is 1. The maximum Gasteiger partial charge on any atom is 0.416 e. The normalized spacial score (nSPS) is 11.9. The van der Waals surface area contributed by atoms with E-state index in [2.05, 4.69) is 30.5 Å². The standard InChI is InChI=1S/C23H21F3N6O4S/c1-37(34,35)29-7-8-36-18-10-15(23(24,25)26)9-17(11-18)31-22(33)19-3-2-6-27-21(19)30-16-5-4-14-13-28-32-20(14)12-16/h2-6,9-13,29H,7-8H2,1H3,(H,27,30)(H,28,32)(H,31,33). The van der Waals surface area contributed by atoms with Gasteiger partial charge in [0.1, 0.15) is 18.2 Å². The van der Waals surface area contributed by atoms with Crippen LogP contribution in [0.3, 0.4) is 0 Å². The number of aromatic amines is 1. The van der Waals surface area contributed by atoms with Gasteiger partial charge in [-0.1, -0.05) is 0 Å². The Bertz CT molecular complexity index is 1540. The summed E-state index contributed by atoms with van der Waals surface area (Å²) in [5.74, 6) is -0.714. The lowest BCUT2D eigenvalue weighted by Crippen LogP contribution is -2.27. The molecule has 0 atom stereocenters. The van der Waals surface area contributed by atoms with Crippen LogP contribution >= 0.6 is 0 Å². The Morgan fingerprint density at radius 2 is 1.92 bits per heavy atom. The number of H-pyrrole nitrogens is 1. The second kappa shape index (κ2) is 10.4. The molecule has 4 aromatic rings. The number of benzene rings is 2. The second-order valence-electron chi connectivity index (χ2n) is 7.91. The minimum atomic E-state index is -4.71. The van der Waals surface area contributed by atoms with E-state index >= 15 is 0 Å². The summed E-state index contributed by atoms with van der Waals surface area (Å²) < 4.78 is 70.1. The molecule has 0 fully saturated rings. The topological polar surface area (TPSA) is 138 Å². The number of amides is 1. The van der Waals surface area contributed by atoms with Gasteiger partial charge in [-0.05, 0) is 42.5 Å². The van der Waals surface area contributed by atoms with Crippen molar-refractivity contribution in [2.24, 2.45) is 0 Å². The summed E-state index contributed by atoms with van der Waals surface area (Å²) in [5, 5.41) is 13.2. The summed E-state index contributed by atoms with van der Waals surface area (Å²) in [4.78, 5) is 17.2. The first-order chi connectivity index (χ1) is 17.5. The van der Waals surface area contributed by atoms with Crippen LogP contribution in [0.25, 0.3) is 10.9 Å². The zero-order valence-corrected chi connectivity index (χ0v) is 20.1. The molecule has 0 radical (unpaired) electrons. The number of carbonyl (C=O) groups is 1. The monoisotopic (exact) mass is 534 g/mol. The quantitative estimate of drug-likeness (QED) is 0.239. The van der Waals surface area contributed by atoms with Crippen molar-refractivity contribution in [3.8, 4) is 5.75 Å². The molecular weight excluding hydrogens is 513 g/mol. The van der Waals surface area contributed by atoms with Gasteiger partial charge >= 0.3 is 6.18 Å². The summed E-state index contributed by atoms with van der Waals surface area (Å²) >= 11 is 0. The minimum absolute atomic E-state index is 0.0874. The molecule has 0 saturated carbocycles. The number of anilines is 3. The number of aromatic nitrogens is 3. The van der Waals surface area contributed by atoms with Crippen LogP contribution in [-0.4, -0.2) is 48.9 Å². The zero-order valence-electron chi connectivity index (χ0n) is 19.3. The van der Waals surface area contributed by atoms with Crippen molar-refractivity contribution in [2.45, 2.75) is 6.18 Å². The highest BCUT2D eigenvalue weighted by molar-refractivity contribution is 7.88. The third kappa shape index (κ3) is 6.95. The van der Waals surface area contributed by atoms with Crippen molar-refractivity contribution in [1.29, 1.82) is 0 Å². The number of carbonyl (C=O) groups excluding carboxylic acids is 1. The zero-order chi connectivity index (χ0) is 26.6. The van der Waals surface area contributed by atoms with Crippen LogP contribution in [0.4, 0.5) is 30.4 Å². The molecule has 2 aromatic carbocycles. The molecule has 0 unspecified atom stereocenters. The summed E-state index contributed by atoms with van der Waals surface area (Å²) in [6, 6.07) is 11.1. The predicted molar refractivity (Wildman–Crippen MR) is 131 cm³/mol. The van der Waals surface area contributed by atoms with Gasteiger partial charge in [-0.3, -0.25) is 9.89 Å². The van der Waals surface area contributed by atoms with E-state index in [9.17, 15) is 26.4 Å². The van der Waals surface area contributed by atoms with Gasteiger partial charge in [0, 0.05) is 35.6 Å². The van der Waals surface area contributed by atoms with Crippen molar-refractivity contribution in [3.05, 3.63) is 72.1 Å². The average molecular weight is 535 g/mol. The molecule has 0 saturated heterocycles. The molecule has 4 rings (SSSR count). The lowest BCUT2D eigenvalue weighted by molar-refractivity contribution is -0.137. The SMILES string of the molecule is CS(=O)(=O)NCCOc1cc(NC(=O)c2cccnc2Nc2ccc3cn[nH]c3c2)cc(C(F)(F)F)c1. The molecule has 0 aliphatic rings. The van der Waals surface area contributed by atoms with Crippen LogP contribution in [0, 0.1) is 0 Å². The number of hydrogen-bond acceptors (Lipinski definition) is 7. The molecule has 2 heterocycles. The first kappa shape index (κ1) is 25.9. The van der Waals surface area contributed by atoms with Crippen molar-refractivity contribution in [2.75, 3.05) is 30.0 Å². The second-order valence-corrected chi connectivity index (χ2v) is 9.74. The summed E-state index contributed by atoms with van der Waals surface area (Å²) in [7, 11) is -3.48. The van der Waals surface area contributed by atoms with Crippen molar-refractivity contribution >= 4 is 44.0 Å². The van der Waals surface area contributed by atoms with Crippen LogP contribution in [0.2, 0.25) is 0 Å². The number of nitrogens with zero attached hydrogens (tertiary/aromatic N) is 2. The van der Waals surface area contributed by atoms with Crippen molar-refractivity contribution in [3.63, 3.8) is 0 Å². The third-order valence-corrected chi connectivity index (χ3v) is 5.71. The molecule has 0 spiro atoms. The molecule has 1 amide bonds. The van der Waals surface area contributed by atoms with Gasteiger partial charge in [0.05, 0.1) is 29.1 Å². The van der Waals surface area contributed by atoms with Crippen molar-refractivity contribution in [1.82, 2.24) is 19.9 Å². The number of nitrogens with one attached hydrogen (secondary N) is 4. The van der Waals surface area contributed by atoms with E-state index in [4.69, 9.17) is 4.74 Å². The maximum absolute atomic E-state index is 13.5. The van der Waals surface area contributed by atoms with Crippen LogP contribution in [0.1, 0.15) is 15.9 Å². The Hall–Kier alpha value is -4.17. The maximum atomic E-state index is 13.5. The molecule has 2 aromatic heterocycles. The number of rotatable bonds is 9. The van der Waals surface area contributed by atoms with Gasteiger partial charge in [0.25, 0.3) is 5.91 Å². The Morgan fingerprint density at radius 1 is 1.11 bits per heavy atom. The van der Waals surface area contributed by atoms with Crippen molar-refractivity contribution < 1.29 is 31.1 Å². The summed E-state index contributed by atoms with van der Waals surface area (Å²) in [6.07, 6.45) is -0.638. The molecule has 0 aliphatic carbocycles. The van der Waals surface area contributed by atoms with Gasteiger partial charge < -0.3 is 15.4 Å². The number of fused-ring (bicyclic) bond motifs is 1. The van der Waals surface area contributed by atoms with Gasteiger partial charge in [-0.25, -0.2) is 18.1 Å².